The van der Waals surface area contributed by atoms with E-state index in [2.05, 4.69) is 26.5 Å². The molecule has 0 radical (unpaired) electrons. The van der Waals surface area contributed by atoms with Crippen LogP contribution in [0.2, 0.25) is 0 Å². The van der Waals surface area contributed by atoms with Crippen molar-refractivity contribution in [3.8, 4) is 5.75 Å². The third-order valence-electron chi connectivity index (χ3n) is 2.63. The third kappa shape index (κ3) is 5.04. The lowest BCUT2D eigenvalue weighted by Crippen LogP contribution is -2.12. The molecule has 0 bridgehead atoms. The van der Waals surface area contributed by atoms with Crippen LogP contribution in [0.1, 0.15) is 18.1 Å². The molecule has 0 atom stereocenters. The van der Waals surface area contributed by atoms with Crippen molar-refractivity contribution in [3.05, 3.63) is 64.1 Å². The van der Waals surface area contributed by atoms with Gasteiger partial charge in [0.05, 0.1) is 6.21 Å². The summed E-state index contributed by atoms with van der Waals surface area (Å²) in [7, 11) is 0. The summed E-state index contributed by atoms with van der Waals surface area (Å²) < 4.78 is 6.73. The normalized spacial score (nSPS) is 10.6. The number of hydrogen-bond donors (Lipinski definition) is 1. The number of rotatable bonds is 5. The average Bonchev–Trinajstić information content (AvgIpc) is 2.47. The first-order valence-electron chi connectivity index (χ1n) is 6.41. The van der Waals surface area contributed by atoms with E-state index in [-0.39, 0.29) is 5.91 Å². The van der Waals surface area contributed by atoms with E-state index >= 15 is 0 Å². The highest BCUT2D eigenvalue weighted by Gasteiger charge is 2.03. The molecule has 0 aliphatic carbocycles. The molecule has 0 heterocycles. The average molecular weight is 347 g/mol. The molecule has 108 valence electrons. The number of benzene rings is 2. The minimum Gasteiger partial charge on any atom is -0.488 e. The van der Waals surface area contributed by atoms with Crippen molar-refractivity contribution in [3.63, 3.8) is 0 Å². The number of nitrogens with one attached hydrogen (secondary N) is 1. The monoisotopic (exact) mass is 346 g/mol. The van der Waals surface area contributed by atoms with Gasteiger partial charge in [-0.15, -0.1) is 0 Å². The summed E-state index contributed by atoms with van der Waals surface area (Å²) in [6.45, 7) is 1.88. The van der Waals surface area contributed by atoms with Crippen LogP contribution in [0.4, 0.5) is 0 Å². The molecule has 1 amide bonds. The van der Waals surface area contributed by atoms with Crippen LogP contribution in [0.15, 0.2) is 58.1 Å². The molecule has 21 heavy (non-hydrogen) atoms. The topological polar surface area (TPSA) is 50.7 Å². The molecule has 0 fully saturated rings. The second-order valence-corrected chi connectivity index (χ2v) is 5.30. The van der Waals surface area contributed by atoms with Gasteiger partial charge in [0.25, 0.3) is 0 Å². The zero-order valence-electron chi connectivity index (χ0n) is 11.5. The van der Waals surface area contributed by atoms with E-state index in [0.29, 0.717) is 12.4 Å². The van der Waals surface area contributed by atoms with Crippen molar-refractivity contribution in [1.29, 1.82) is 0 Å². The molecular formula is C16H15BrN2O2. The largest absolute Gasteiger partial charge is 0.488 e. The highest BCUT2D eigenvalue weighted by molar-refractivity contribution is 9.10. The molecule has 0 spiro atoms. The van der Waals surface area contributed by atoms with Crippen LogP contribution in [0, 0.1) is 0 Å². The molecule has 0 aromatic heterocycles. The first-order valence-corrected chi connectivity index (χ1v) is 7.20. The summed E-state index contributed by atoms with van der Waals surface area (Å²) >= 11 is 3.41. The molecule has 0 unspecified atom stereocenters. The molecule has 2 rings (SSSR count). The maximum absolute atomic E-state index is 10.8. The fourth-order valence-corrected chi connectivity index (χ4v) is 2.06. The van der Waals surface area contributed by atoms with E-state index in [1.807, 2.05) is 48.5 Å². The zero-order chi connectivity index (χ0) is 15.1. The highest BCUT2D eigenvalue weighted by Crippen LogP contribution is 2.22. The smallest absolute Gasteiger partial charge is 0.236 e. The minimum atomic E-state index is -0.215. The Balaban J connectivity index is 2.11. The lowest BCUT2D eigenvalue weighted by atomic mass is 10.2. The van der Waals surface area contributed by atoms with Crippen LogP contribution in [0.5, 0.6) is 5.75 Å². The molecule has 1 N–H and O–H groups in total. The second kappa shape index (κ2) is 7.59. The van der Waals surface area contributed by atoms with E-state index in [4.69, 9.17) is 4.74 Å². The van der Waals surface area contributed by atoms with Crippen molar-refractivity contribution in [2.45, 2.75) is 13.5 Å². The summed E-state index contributed by atoms with van der Waals surface area (Å²) in [6.07, 6.45) is 1.56. The quantitative estimate of drug-likeness (QED) is 0.665. The SMILES string of the molecule is CC(=O)NN=Cc1cc(Br)ccc1OCc1ccccc1. The van der Waals surface area contributed by atoms with Crippen molar-refractivity contribution in [2.75, 3.05) is 0 Å². The lowest BCUT2D eigenvalue weighted by Gasteiger charge is -2.09. The number of amides is 1. The van der Waals surface area contributed by atoms with Crippen molar-refractivity contribution in [1.82, 2.24) is 5.43 Å². The number of halogens is 1. The predicted molar refractivity (Wildman–Crippen MR) is 86.3 cm³/mol. The van der Waals surface area contributed by atoms with Crippen LogP contribution in [0.3, 0.4) is 0 Å². The molecule has 5 heteroatoms. The molecule has 0 saturated carbocycles. The van der Waals surface area contributed by atoms with Gasteiger partial charge in [0, 0.05) is 17.0 Å². The Bertz CT molecular complexity index is 642. The molecule has 0 aliphatic rings. The van der Waals surface area contributed by atoms with Gasteiger partial charge in [-0.05, 0) is 23.8 Å². The van der Waals surface area contributed by atoms with Crippen molar-refractivity contribution < 1.29 is 9.53 Å². The van der Waals surface area contributed by atoms with Gasteiger partial charge in [-0.1, -0.05) is 46.3 Å². The van der Waals surface area contributed by atoms with Crippen molar-refractivity contribution >= 4 is 28.1 Å². The van der Waals surface area contributed by atoms with E-state index in [9.17, 15) is 4.79 Å². The number of nitrogens with zero attached hydrogens (tertiary/aromatic N) is 1. The highest BCUT2D eigenvalue weighted by atomic mass is 79.9. The van der Waals surface area contributed by atoms with Crippen LogP contribution >= 0.6 is 15.9 Å². The number of carbonyl (C=O) groups excluding carboxylic acids is 1. The fraction of sp³-hybridized carbons (Fsp3) is 0.125. The van der Waals surface area contributed by atoms with E-state index in [1.54, 1.807) is 6.21 Å². The summed E-state index contributed by atoms with van der Waals surface area (Å²) in [5, 5.41) is 3.87. The van der Waals surface area contributed by atoms with E-state index < -0.39 is 0 Å². The summed E-state index contributed by atoms with van der Waals surface area (Å²) in [6, 6.07) is 15.6. The van der Waals surface area contributed by atoms with Crippen LogP contribution in [0.25, 0.3) is 0 Å². The molecule has 0 aliphatic heterocycles. The van der Waals surface area contributed by atoms with Gasteiger partial charge in [-0.25, -0.2) is 5.43 Å². The minimum absolute atomic E-state index is 0.215. The van der Waals surface area contributed by atoms with Gasteiger partial charge in [0.15, 0.2) is 0 Å². The predicted octanol–water partition coefficient (Wildman–Crippen LogP) is 3.50. The molecule has 2 aromatic carbocycles. The Morgan fingerprint density at radius 2 is 2.05 bits per heavy atom. The number of hydrogen-bond acceptors (Lipinski definition) is 3. The maximum Gasteiger partial charge on any atom is 0.236 e. The molecule has 0 saturated heterocycles. The Kier molecular flexibility index (Phi) is 5.51. The number of hydrazone groups is 1. The third-order valence-corrected chi connectivity index (χ3v) is 3.13. The maximum atomic E-state index is 10.8. The Hall–Kier alpha value is -2.14. The van der Waals surface area contributed by atoms with Gasteiger partial charge < -0.3 is 4.74 Å². The van der Waals surface area contributed by atoms with E-state index in [0.717, 1.165) is 15.6 Å². The summed E-state index contributed by atoms with van der Waals surface area (Å²) in [4.78, 5) is 10.8. The van der Waals surface area contributed by atoms with Gasteiger partial charge in [0.1, 0.15) is 12.4 Å². The molecule has 4 nitrogen and oxygen atoms in total. The number of ether oxygens (including phenoxy) is 1. The van der Waals surface area contributed by atoms with Gasteiger partial charge in [-0.3, -0.25) is 4.79 Å². The van der Waals surface area contributed by atoms with Gasteiger partial charge >= 0.3 is 0 Å². The fourth-order valence-electron chi connectivity index (χ4n) is 1.68. The Labute approximate surface area is 132 Å². The van der Waals surface area contributed by atoms with Crippen LogP contribution in [-0.4, -0.2) is 12.1 Å². The van der Waals surface area contributed by atoms with Crippen molar-refractivity contribution in [2.24, 2.45) is 5.10 Å². The van der Waals surface area contributed by atoms with Crippen LogP contribution < -0.4 is 10.2 Å². The molecule has 2 aromatic rings. The van der Waals surface area contributed by atoms with Gasteiger partial charge in [0.2, 0.25) is 5.91 Å². The Morgan fingerprint density at radius 1 is 1.29 bits per heavy atom. The van der Waals surface area contributed by atoms with Gasteiger partial charge in [-0.2, -0.15) is 5.10 Å². The second-order valence-electron chi connectivity index (χ2n) is 4.38. The molecular weight excluding hydrogens is 332 g/mol. The first-order chi connectivity index (χ1) is 10.1. The van der Waals surface area contributed by atoms with E-state index in [1.165, 1.54) is 6.92 Å². The first kappa shape index (κ1) is 15.3. The standard InChI is InChI=1S/C16H15BrN2O2/c1-12(20)19-18-10-14-9-15(17)7-8-16(14)21-11-13-5-3-2-4-6-13/h2-10H,11H2,1H3,(H,19,20). The number of carbonyl (C=O) groups is 1. The summed E-state index contributed by atoms with van der Waals surface area (Å²) in [5.74, 6) is 0.490. The van der Waals surface area contributed by atoms with Crippen LogP contribution in [-0.2, 0) is 11.4 Å². The zero-order valence-corrected chi connectivity index (χ0v) is 13.1. The lowest BCUT2D eigenvalue weighted by molar-refractivity contribution is -0.118. The Morgan fingerprint density at radius 3 is 2.76 bits per heavy atom. The summed E-state index contributed by atoms with van der Waals surface area (Å²) in [5.41, 5.74) is 4.25.